The monoisotopic (exact) mass is 2170 g/mol. The molecule has 0 amide bonds. The van der Waals surface area contributed by atoms with Crippen LogP contribution in [0, 0.1) is 0 Å². The Bertz CT molecular complexity index is 7240. The third-order valence-electron chi connectivity index (χ3n) is 21.4. The van der Waals surface area contributed by atoms with Crippen molar-refractivity contribution >= 4 is 214 Å². The van der Waals surface area contributed by atoms with Gasteiger partial charge in [-0.1, -0.05) is 111 Å². The summed E-state index contributed by atoms with van der Waals surface area (Å²) in [5.41, 5.74) is 1.58. The molecule has 0 unspecified atom stereocenters. The lowest BCUT2D eigenvalue weighted by Crippen LogP contribution is -2.41. The van der Waals surface area contributed by atoms with Crippen molar-refractivity contribution in [3.05, 3.63) is 291 Å². The second-order valence-corrected chi connectivity index (χ2v) is 48.1. The number of ketones is 1. The molecule has 17 rings (SSSR count). The van der Waals surface area contributed by atoms with E-state index in [1.807, 2.05) is 27.7 Å². The molecule has 131 heavy (non-hydrogen) atoms. The Morgan fingerprint density at radius 2 is 0.847 bits per heavy atom. The smallest absolute Gasteiger partial charge is 0.423 e. The second-order valence-electron chi connectivity index (χ2n) is 31.5. The molecule has 0 atom stereocenters. The van der Waals surface area contributed by atoms with Crippen molar-refractivity contribution in [2.45, 2.75) is 141 Å². The fourth-order valence-corrected chi connectivity index (χ4v) is 25.8. The van der Waals surface area contributed by atoms with E-state index in [1.54, 1.807) is 185 Å². The van der Waals surface area contributed by atoms with Crippen LogP contribution in [0.25, 0.3) is 49.7 Å². The number of sulfone groups is 1. The van der Waals surface area contributed by atoms with Crippen LogP contribution in [0.15, 0.2) is 303 Å². The molecule has 43 heteroatoms. The van der Waals surface area contributed by atoms with E-state index in [-0.39, 0.29) is 88.3 Å². The van der Waals surface area contributed by atoms with Crippen LogP contribution >= 0.6 is 63.7 Å². The van der Waals surface area contributed by atoms with Crippen molar-refractivity contribution in [2.24, 2.45) is 0 Å². The summed E-state index contributed by atoms with van der Waals surface area (Å²) in [7, 11) is -27.4. The molecule has 6 aromatic carbocycles. The van der Waals surface area contributed by atoms with E-state index >= 15 is 0 Å². The number of Topliss-reactive ketones (excluding diaryl/α,β-unsaturated/α-hetero) is 1. The molecule has 690 valence electrons. The Morgan fingerprint density at radius 3 is 1.25 bits per heavy atom. The Balaban J connectivity index is 0.000000152. The maximum absolute atomic E-state index is 13.1. The predicted molar refractivity (Wildman–Crippen MR) is 521 cm³/mol. The number of allylic oxidation sites excluding steroid dienone is 1. The van der Waals surface area contributed by atoms with Gasteiger partial charge in [0.05, 0.1) is 63.5 Å². The number of halogens is 4. The summed E-state index contributed by atoms with van der Waals surface area (Å²) in [5, 5.41) is 31.0. The van der Waals surface area contributed by atoms with Gasteiger partial charge in [0.2, 0.25) is 20.0 Å². The highest BCUT2D eigenvalue weighted by Crippen LogP contribution is 2.39. The summed E-state index contributed by atoms with van der Waals surface area (Å²) in [6, 6.07) is 58.1. The van der Waals surface area contributed by atoms with E-state index in [1.165, 1.54) is 104 Å². The number of nitrogens with one attached hydrogen (secondary N) is 1. The third-order valence-corrected chi connectivity index (χ3v) is 36.1. The number of hydrogen-bond acceptors (Lipinski definition) is 24. The summed E-state index contributed by atoms with van der Waals surface area (Å²) < 4.78 is 199. The van der Waals surface area contributed by atoms with Crippen molar-refractivity contribution in [1.29, 1.82) is 0 Å². The largest absolute Gasteiger partial charge is 0.494 e. The normalized spacial score (nSPS) is 15.2. The highest BCUT2D eigenvalue weighted by atomic mass is 79.9. The van der Waals surface area contributed by atoms with Gasteiger partial charge in [0, 0.05) is 96.5 Å². The summed E-state index contributed by atoms with van der Waals surface area (Å²) in [6.07, 6.45) is 10.1. The zero-order valence-corrected chi connectivity index (χ0v) is 83.0. The van der Waals surface area contributed by atoms with Crippen molar-refractivity contribution in [3.8, 4) is 0 Å². The van der Waals surface area contributed by atoms with Crippen LogP contribution in [0.4, 0.5) is 0 Å². The molecular weight excluding hydrogens is 2080 g/mol. The first-order valence-electron chi connectivity index (χ1n) is 39.9. The molecular formula is C88H92B2Br4N10O20S7. The molecule has 8 aromatic heterocycles. The van der Waals surface area contributed by atoms with Gasteiger partial charge in [-0.25, -0.2) is 99.5 Å². The van der Waals surface area contributed by atoms with E-state index in [9.17, 15) is 68.8 Å². The number of sulfonamides is 2. The second kappa shape index (κ2) is 41.0. The molecule has 4 N–H and O–H groups in total. The van der Waals surface area contributed by atoms with Gasteiger partial charge < -0.3 is 24.5 Å². The number of aliphatic hydroxyl groups is 1. The number of fused-ring (bicyclic) bond motifs is 4. The first-order valence-corrected chi connectivity index (χ1v) is 53.6. The quantitative estimate of drug-likeness (QED) is 0.0458. The van der Waals surface area contributed by atoms with E-state index in [4.69, 9.17) is 19.4 Å². The number of hydrogen-bond donors (Lipinski definition) is 4. The highest BCUT2D eigenvalue weighted by Gasteiger charge is 2.52. The molecule has 0 bridgehead atoms. The van der Waals surface area contributed by atoms with Gasteiger partial charge in [-0.05, 0) is 276 Å². The van der Waals surface area contributed by atoms with Gasteiger partial charge in [-0.3, -0.25) is 4.79 Å². The van der Waals surface area contributed by atoms with Crippen LogP contribution < -0.4 is 15.6 Å². The number of pyridine rings is 4. The number of carbonyl (C=O) groups excluding carboxylic acids is 1. The standard InChI is InChI=1S/C17H26BNO6S2.C16H15BrN2O3S.C16H13BrN2O2S.C15H11BrN2O3S.C13H9BrN2O2S.C10H14BNO4S.CH4/c1-16(2)17(3,4)25-18(24-16)13-5-7-15(8-6-13)27(22,23)19-14-9-11-26(20,21)12-10-14;1-16(2,20)14-10-12-13(17)8-9-18-15(12)19(14)23(21,22)11-6-4-3-5-7-11;1-11(2)15-10-13-14(17)8-9-18-16(13)19(15)22(20,21)12-6-4-3-5-7-12;1-10(19)14-9-12-13(16)7-8-17-15(12)18(14)22(20,21)11-5-3-2-4-6-11;14-12-6-8-15-13-11(12)7-9-16(13)19(17,18)10-4-2-1-3-5-10;13-11(14)9-3-5-10(6-4-9)17(15,16)12-7-1-2-8-12;/h5-8,14,19H,9-12H2,1-4H3;3-10,20H,1-2H3;3-10H,1H2,2H3;2-9H,1H3;1-9H;3-6,13-14H,1-2,7-8H2;1H4. The zero-order valence-electron chi connectivity index (χ0n) is 70.9. The molecule has 3 aliphatic heterocycles. The maximum atomic E-state index is 13.1. The molecule has 0 spiro atoms. The fraction of sp³-hybridized carbons (Fsp3) is 0.239. The summed E-state index contributed by atoms with van der Waals surface area (Å²) in [5.74, 6) is -0.313. The van der Waals surface area contributed by atoms with Crippen LogP contribution in [0.2, 0.25) is 0 Å². The highest BCUT2D eigenvalue weighted by molar-refractivity contribution is 9.11. The minimum atomic E-state index is -3.90. The number of carbonyl (C=O) groups is 1. The third kappa shape index (κ3) is 22.6. The van der Waals surface area contributed by atoms with Crippen molar-refractivity contribution in [3.63, 3.8) is 0 Å². The lowest BCUT2D eigenvalue weighted by Gasteiger charge is -2.32. The van der Waals surface area contributed by atoms with Crippen molar-refractivity contribution in [1.82, 2.24) is 44.9 Å². The van der Waals surface area contributed by atoms with Crippen LogP contribution in [0.3, 0.4) is 0 Å². The average Bonchev–Trinajstić information content (AvgIpc) is 1.60. The van der Waals surface area contributed by atoms with Gasteiger partial charge in [0.15, 0.2) is 28.4 Å². The molecule has 3 fully saturated rings. The lowest BCUT2D eigenvalue weighted by atomic mass is 9.79. The van der Waals surface area contributed by atoms with E-state index in [2.05, 4.69) is 95.0 Å². The van der Waals surface area contributed by atoms with Gasteiger partial charge in [-0.2, -0.15) is 4.31 Å². The minimum Gasteiger partial charge on any atom is -0.423 e. The SMILES string of the molecule is C.C=C(C)c1cc2c(Br)ccnc2n1S(=O)(=O)c1ccccc1.CC(=O)c1cc2c(Br)ccnc2n1S(=O)(=O)c1ccccc1.CC(C)(O)c1cc2c(Br)ccnc2n1S(=O)(=O)c1ccccc1.CC1(C)OB(c2ccc(S(=O)(=O)NC3CCS(=O)(=O)CC3)cc2)OC1(C)C.O=S(=O)(c1ccc(B(O)O)cc1)N1CCCC1.O=S(=O)(c1ccccc1)n1ccc2c(Br)ccnc21. The van der Waals surface area contributed by atoms with Gasteiger partial charge in [0.25, 0.3) is 40.1 Å². The lowest BCUT2D eigenvalue weighted by molar-refractivity contribution is 0.00578. The summed E-state index contributed by atoms with van der Waals surface area (Å²) in [6.45, 7) is 19.1. The van der Waals surface area contributed by atoms with Crippen LogP contribution in [-0.4, -0.2) is 176 Å². The van der Waals surface area contributed by atoms with Gasteiger partial charge >= 0.3 is 14.2 Å². The minimum absolute atomic E-state index is 0. The number of nitrogens with zero attached hydrogens (tertiary/aromatic N) is 9. The Morgan fingerprint density at radius 1 is 0.489 bits per heavy atom. The van der Waals surface area contributed by atoms with Crippen LogP contribution in [0.5, 0.6) is 0 Å². The Labute approximate surface area is 796 Å². The van der Waals surface area contributed by atoms with Gasteiger partial charge in [-0.15, -0.1) is 0 Å². The van der Waals surface area contributed by atoms with Crippen LogP contribution in [-0.2, 0) is 84.9 Å². The Hall–Kier alpha value is -9.09. The molecule has 3 saturated heterocycles. The zero-order chi connectivity index (χ0) is 94.7. The fourth-order valence-electron chi connectivity index (χ4n) is 13.8. The predicted octanol–water partition coefficient (Wildman–Crippen LogP) is 14.2. The molecule has 0 saturated carbocycles. The number of rotatable bonds is 18. The molecule has 3 aliphatic rings. The molecule has 11 heterocycles. The summed E-state index contributed by atoms with van der Waals surface area (Å²) in [4.78, 5) is 29.7. The maximum Gasteiger partial charge on any atom is 0.494 e. The van der Waals surface area contributed by atoms with E-state index in [0.717, 1.165) is 50.4 Å². The number of aromatic nitrogens is 8. The van der Waals surface area contributed by atoms with Crippen molar-refractivity contribution < 1.29 is 88.2 Å². The first-order chi connectivity index (χ1) is 61.0. The summed E-state index contributed by atoms with van der Waals surface area (Å²) >= 11 is 13.6. The van der Waals surface area contributed by atoms with Crippen molar-refractivity contribution in [2.75, 3.05) is 24.6 Å². The molecule has 14 aromatic rings. The van der Waals surface area contributed by atoms with Crippen LogP contribution in [0.1, 0.15) is 110 Å². The molecule has 30 nitrogen and oxygen atoms in total. The molecule has 0 aliphatic carbocycles. The van der Waals surface area contributed by atoms with E-state index in [0.29, 0.717) is 63.7 Å². The Kier molecular flexibility index (Phi) is 32.1. The topological polar surface area (TPSA) is 422 Å². The average molecular weight is 2180 g/mol. The van der Waals surface area contributed by atoms with E-state index < -0.39 is 101 Å². The first kappa shape index (κ1) is 102. The molecule has 0 radical (unpaired) electrons. The number of benzene rings is 6. The van der Waals surface area contributed by atoms with Gasteiger partial charge in [0.1, 0.15) is 21.1 Å².